The van der Waals surface area contributed by atoms with Crippen LogP contribution in [0.4, 0.5) is 0 Å². The predicted molar refractivity (Wildman–Crippen MR) is 128 cm³/mol. The van der Waals surface area contributed by atoms with Crippen molar-refractivity contribution in [3.05, 3.63) is 70.4 Å². The van der Waals surface area contributed by atoms with E-state index in [2.05, 4.69) is 11.9 Å². The van der Waals surface area contributed by atoms with Crippen molar-refractivity contribution < 1.29 is 29.3 Å². The number of aliphatic hydroxyl groups excluding tert-OH is 1. The van der Waals surface area contributed by atoms with Crippen molar-refractivity contribution in [3.8, 4) is 11.1 Å². The molecule has 1 aliphatic heterocycles. The fourth-order valence-electron chi connectivity index (χ4n) is 4.56. The lowest BCUT2D eigenvalue weighted by Gasteiger charge is -2.31. The van der Waals surface area contributed by atoms with Crippen LogP contribution in [0, 0.1) is 0 Å². The number of aliphatic carboxylic acids is 1. The van der Waals surface area contributed by atoms with E-state index in [1.807, 2.05) is 0 Å². The van der Waals surface area contributed by atoms with E-state index in [-0.39, 0.29) is 11.3 Å². The molecule has 4 rings (SSSR count). The number of hydrogen-bond acceptors (Lipinski definition) is 5. The number of aliphatic hydroxyl groups is 1. The summed E-state index contributed by atoms with van der Waals surface area (Å²) in [5, 5.41) is 22.4. The van der Waals surface area contributed by atoms with E-state index < -0.39 is 30.0 Å². The summed E-state index contributed by atoms with van der Waals surface area (Å²) in [5.74, 6) is -2.24. The van der Waals surface area contributed by atoms with Crippen molar-refractivity contribution in [1.29, 1.82) is 0 Å². The maximum atomic E-state index is 12.8. The second-order valence-corrected chi connectivity index (χ2v) is 8.85. The number of carboxylic acid groups (broad SMARTS) is 1. The van der Waals surface area contributed by atoms with Crippen LogP contribution >= 0.6 is 11.6 Å². The van der Waals surface area contributed by atoms with Crippen LogP contribution in [0.25, 0.3) is 22.8 Å². The van der Waals surface area contributed by atoms with Crippen LogP contribution in [0.2, 0.25) is 5.02 Å². The third-order valence-electron chi connectivity index (χ3n) is 6.31. The molecule has 0 atom stereocenters. The first kappa shape index (κ1) is 23.6. The maximum absolute atomic E-state index is 12.8. The standard InChI is InChI=1S/C26H24ClNO6/c1-2-15-12-18(16-6-8-17(9-7-16)24(32)28-14-21(29)30)20(27)13-19(15)22-23(31)26(34-25(22)33)10-4-3-5-11-26/h2,6-9,12-13,31H,1,3-5,10-11,14H2,(H,28,32)(H,29,30). The van der Waals surface area contributed by atoms with Gasteiger partial charge in [-0.25, -0.2) is 4.79 Å². The minimum atomic E-state index is -1.13. The van der Waals surface area contributed by atoms with Crippen LogP contribution in [0.1, 0.15) is 53.6 Å². The number of carbonyl (C=O) groups excluding carboxylic acids is 2. The second kappa shape index (κ2) is 9.35. The Kier molecular flexibility index (Phi) is 6.48. The van der Waals surface area contributed by atoms with E-state index in [4.69, 9.17) is 21.4 Å². The zero-order chi connectivity index (χ0) is 24.5. The zero-order valence-corrected chi connectivity index (χ0v) is 19.2. The Hall–Kier alpha value is -3.58. The molecule has 1 saturated carbocycles. The van der Waals surface area contributed by atoms with Crippen molar-refractivity contribution in [3.63, 3.8) is 0 Å². The lowest BCUT2D eigenvalue weighted by Crippen LogP contribution is -2.34. The Bertz CT molecular complexity index is 1210. The summed E-state index contributed by atoms with van der Waals surface area (Å²) < 4.78 is 5.68. The SMILES string of the molecule is C=Cc1cc(-c2ccc(C(=O)NCC(=O)O)cc2)c(Cl)cc1C1=C(O)C2(CCCCC2)OC1=O. The normalized spacial score (nSPS) is 16.9. The molecule has 34 heavy (non-hydrogen) atoms. The van der Waals surface area contributed by atoms with Gasteiger partial charge in [-0.2, -0.15) is 0 Å². The number of hydrogen-bond donors (Lipinski definition) is 3. The molecule has 0 aromatic heterocycles. The molecule has 1 fully saturated rings. The Morgan fingerprint density at radius 2 is 1.79 bits per heavy atom. The van der Waals surface area contributed by atoms with Gasteiger partial charge >= 0.3 is 11.9 Å². The molecule has 2 aromatic rings. The van der Waals surface area contributed by atoms with Gasteiger partial charge < -0.3 is 20.3 Å². The van der Waals surface area contributed by atoms with Crippen LogP contribution < -0.4 is 5.32 Å². The molecule has 1 heterocycles. The Balaban J connectivity index is 1.68. The van der Waals surface area contributed by atoms with Gasteiger partial charge in [0.2, 0.25) is 0 Å². The van der Waals surface area contributed by atoms with E-state index in [1.165, 1.54) is 0 Å². The minimum absolute atomic E-state index is 0.0409. The molecule has 0 saturated heterocycles. The fourth-order valence-corrected chi connectivity index (χ4v) is 4.83. The summed E-state index contributed by atoms with van der Waals surface area (Å²) in [5.41, 5.74) is 1.90. The van der Waals surface area contributed by atoms with Gasteiger partial charge in [0.05, 0.1) is 0 Å². The molecule has 2 aliphatic rings. The van der Waals surface area contributed by atoms with Crippen LogP contribution in [0.5, 0.6) is 0 Å². The van der Waals surface area contributed by atoms with E-state index in [0.717, 1.165) is 19.3 Å². The number of carboxylic acids is 1. The number of amides is 1. The van der Waals surface area contributed by atoms with Crippen LogP contribution in [-0.4, -0.2) is 40.2 Å². The molecule has 1 aliphatic carbocycles. The highest BCUT2D eigenvalue weighted by Gasteiger charge is 2.49. The molecule has 7 nitrogen and oxygen atoms in total. The summed E-state index contributed by atoms with van der Waals surface area (Å²) in [4.78, 5) is 35.5. The summed E-state index contributed by atoms with van der Waals surface area (Å²) >= 11 is 6.60. The summed E-state index contributed by atoms with van der Waals surface area (Å²) in [6.07, 6.45) is 5.57. The monoisotopic (exact) mass is 481 g/mol. The van der Waals surface area contributed by atoms with Crippen LogP contribution in [0.3, 0.4) is 0 Å². The van der Waals surface area contributed by atoms with Gasteiger partial charge in [-0.05, 0) is 61.1 Å². The van der Waals surface area contributed by atoms with Gasteiger partial charge in [-0.3, -0.25) is 9.59 Å². The summed E-state index contributed by atoms with van der Waals surface area (Å²) in [6.45, 7) is 3.38. The first-order valence-corrected chi connectivity index (χ1v) is 11.4. The number of carbonyl (C=O) groups is 3. The van der Waals surface area contributed by atoms with Crippen LogP contribution in [-0.2, 0) is 14.3 Å². The van der Waals surface area contributed by atoms with Gasteiger partial charge in [-0.1, -0.05) is 42.8 Å². The number of ether oxygens (including phenoxy) is 1. The van der Waals surface area contributed by atoms with E-state index in [1.54, 1.807) is 42.5 Å². The fraction of sp³-hybridized carbons (Fsp3) is 0.269. The molecule has 3 N–H and O–H groups in total. The van der Waals surface area contributed by atoms with E-state index in [9.17, 15) is 19.5 Å². The van der Waals surface area contributed by atoms with Gasteiger partial charge in [0.25, 0.3) is 5.91 Å². The molecular formula is C26H24ClNO6. The average Bonchev–Trinajstić information content (AvgIpc) is 3.06. The predicted octanol–water partition coefficient (Wildman–Crippen LogP) is 4.99. The largest absolute Gasteiger partial charge is 0.507 e. The quantitative estimate of drug-likeness (QED) is 0.501. The minimum Gasteiger partial charge on any atom is -0.507 e. The molecular weight excluding hydrogens is 458 g/mol. The molecule has 1 spiro atoms. The van der Waals surface area contributed by atoms with Crippen molar-refractivity contribution >= 4 is 41.1 Å². The van der Waals surface area contributed by atoms with Gasteiger partial charge in [0, 0.05) is 21.7 Å². The topological polar surface area (TPSA) is 113 Å². The Labute approximate surface area is 201 Å². The zero-order valence-electron chi connectivity index (χ0n) is 18.4. The lowest BCUT2D eigenvalue weighted by atomic mass is 9.82. The molecule has 0 bridgehead atoms. The molecule has 0 radical (unpaired) electrons. The number of halogens is 1. The maximum Gasteiger partial charge on any atom is 0.343 e. The van der Waals surface area contributed by atoms with Crippen molar-refractivity contribution in [2.45, 2.75) is 37.7 Å². The van der Waals surface area contributed by atoms with E-state index >= 15 is 0 Å². The van der Waals surface area contributed by atoms with Gasteiger partial charge in [-0.15, -0.1) is 0 Å². The van der Waals surface area contributed by atoms with E-state index in [0.29, 0.717) is 45.7 Å². The highest BCUT2D eigenvalue weighted by Crippen LogP contribution is 2.46. The molecule has 0 unspecified atom stereocenters. The second-order valence-electron chi connectivity index (χ2n) is 8.45. The number of nitrogens with one attached hydrogen (secondary N) is 1. The smallest absolute Gasteiger partial charge is 0.343 e. The highest BCUT2D eigenvalue weighted by molar-refractivity contribution is 6.34. The summed E-state index contributed by atoms with van der Waals surface area (Å²) in [7, 11) is 0. The third-order valence-corrected chi connectivity index (χ3v) is 6.62. The molecule has 1 amide bonds. The number of benzene rings is 2. The third kappa shape index (κ3) is 4.31. The number of esters is 1. The van der Waals surface area contributed by atoms with Crippen molar-refractivity contribution in [1.82, 2.24) is 5.32 Å². The average molecular weight is 482 g/mol. The first-order chi connectivity index (χ1) is 16.3. The highest BCUT2D eigenvalue weighted by atomic mass is 35.5. The number of rotatable bonds is 6. The first-order valence-electron chi connectivity index (χ1n) is 11.0. The lowest BCUT2D eigenvalue weighted by molar-refractivity contribution is -0.149. The Morgan fingerprint density at radius 1 is 1.12 bits per heavy atom. The van der Waals surface area contributed by atoms with Crippen LogP contribution in [0.15, 0.2) is 48.7 Å². The Morgan fingerprint density at radius 3 is 2.41 bits per heavy atom. The van der Waals surface area contributed by atoms with Crippen molar-refractivity contribution in [2.24, 2.45) is 0 Å². The molecule has 2 aromatic carbocycles. The van der Waals surface area contributed by atoms with Gasteiger partial charge in [0.15, 0.2) is 11.4 Å². The van der Waals surface area contributed by atoms with Gasteiger partial charge in [0.1, 0.15) is 12.1 Å². The summed E-state index contributed by atoms with van der Waals surface area (Å²) in [6, 6.07) is 9.92. The molecule has 176 valence electrons. The molecule has 8 heteroatoms. The van der Waals surface area contributed by atoms with Crippen molar-refractivity contribution in [2.75, 3.05) is 6.54 Å².